The number of rotatable bonds is 7. The number of piperidine rings is 1. The maximum Gasteiger partial charge on any atom is 0.451 e. The normalized spacial score (nSPS) is 18.2. The van der Waals surface area contributed by atoms with Crippen LogP contribution in [0, 0.1) is 11.3 Å². The first kappa shape index (κ1) is 27.0. The second-order valence-corrected chi connectivity index (χ2v) is 9.17. The number of nitrogens with one attached hydrogen (secondary N) is 1. The van der Waals surface area contributed by atoms with E-state index in [0.29, 0.717) is 50.8 Å². The third-order valence-corrected chi connectivity index (χ3v) is 6.59. The van der Waals surface area contributed by atoms with Crippen molar-refractivity contribution >= 4 is 17.8 Å². The smallest absolute Gasteiger partial charge is 0.451 e. The predicted molar refractivity (Wildman–Crippen MR) is 129 cm³/mol. The number of carboxylic acid groups (broad SMARTS) is 1. The summed E-state index contributed by atoms with van der Waals surface area (Å²) in [6.45, 7) is 1.09. The summed E-state index contributed by atoms with van der Waals surface area (Å²) in [6.07, 6.45) is -4.13. The van der Waals surface area contributed by atoms with Crippen LogP contribution in [0.4, 0.5) is 23.8 Å². The van der Waals surface area contributed by atoms with E-state index < -0.39 is 30.2 Å². The van der Waals surface area contributed by atoms with E-state index in [4.69, 9.17) is 15.1 Å². The number of aromatic nitrogens is 2. The zero-order valence-corrected chi connectivity index (χ0v) is 20.4. The summed E-state index contributed by atoms with van der Waals surface area (Å²) in [5.74, 6) is -1.98. The van der Waals surface area contributed by atoms with Crippen molar-refractivity contribution in [2.45, 2.75) is 50.4 Å². The Bertz CT molecular complexity index is 1190. The number of halogens is 3. The highest BCUT2D eigenvalue weighted by atomic mass is 19.4. The van der Waals surface area contributed by atoms with Gasteiger partial charge in [0.05, 0.1) is 11.6 Å². The molecule has 1 atom stereocenters. The molecule has 0 radical (unpaired) electrons. The molecule has 2 N–H and O–H groups in total. The third-order valence-electron chi connectivity index (χ3n) is 6.59. The van der Waals surface area contributed by atoms with Gasteiger partial charge in [0.25, 0.3) is 0 Å². The van der Waals surface area contributed by atoms with Gasteiger partial charge in [-0.05, 0) is 37.0 Å². The number of nitriles is 1. The van der Waals surface area contributed by atoms with Crippen LogP contribution in [0.15, 0.2) is 30.3 Å². The number of hydrogen-bond donors (Lipinski definition) is 2. The van der Waals surface area contributed by atoms with Crippen molar-refractivity contribution in [3.8, 4) is 11.9 Å². The number of hydrogen-bond acceptors (Lipinski definition) is 7. The Morgan fingerprint density at radius 3 is 2.47 bits per heavy atom. The number of alkyl halides is 3. The van der Waals surface area contributed by atoms with E-state index in [-0.39, 0.29) is 30.7 Å². The quantitative estimate of drug-likeness (QED) is 0.556. The molecule has 1 aromatic carbocycles. The fourth-order valence-corrected chi connectivity index (χ4v) is 4.59. The largest absolute Gasteiger partial charge is 0.474 e. The highest BCUT2D eigenvalue weighted by Gasteiger charge is 2.38. The summed E-state index contributed by atoms with van der Waals surface area (Å²) >= 11 is 0. The SMILES string of the molecule is N#Cc1ccc(CCNC(=O)C2CCCN2c2cc(OC3CCN(C(=O)O)CC3)nc(C(F)(F)F)n2)cc1. The first-order valence-corrected chi connectivity index (χ1v) is 12.3. The number of nitrogens with zero attached hydrogens (tertiary/aromatic N) is 5. The second-order valence-electron chi connectivity index (χ2n) is 9.17. The fourth-order valence-electron chi connectivity index (χ4n) is 4.59. The first-order valence-electron chi connectivity index (χ1n) is 12.3. The molecule has 2 aromatic rings. The van der Waals surface area contributed by atoms with Crippen LogP contribution in [-0.4, -0.2) is 70.3 Å². The standard InChI is InChI=1S/C25H27F3N6O4/c26-25(27,28)23-31-20(14-21(32-23)38-18-8-12-33(13-9-18)24(36)37)34-11-1-2-19(34)22(35)30-10-7-16-3-5-17(15-29)6-4-16/h3-6,14,18-19H,1-2,7-13H2,(H,30,35)(H,36,37). The molecule has 2 aliphatic rings. The maximum atomic E-state index is 13.6. The van der Waals surface area contributed by atoms with E-state index in [9.17, 15) is 22.8 Å². The molecule has 1 unspecified atom stereocenters. The van der Waals surface area contributed by atoms with Gasteiger partial charge >= 0.3 is 12.3 Å². The molecule has 38 heavy (non-hydrogen) atoms. The van der Waals surface area contributed by atoms with Gasteiger partial charge in [-0.15, -0.1) is 0 Å². The number of amides is 2. The van der Waals surface area contributed by atoms with Crippen molar-refractivity contribution in [1.82, 2.24) is 20.2 Å². The Labute approximate surface area is 217 Å². The number of anilines is 1. The molecule has 13 heteroatoms. The maximum absolute atomic E-state index is 13.6. The molecule has 202 valence electrons. The van der Waals surface area contributed by atoms with Crippen molar-refractivity contribution in [1.29, 1.82) is 5.26 Å². The van der Waals surface area contributed by atoms with E-state index in [1.807, 2.05) is 6.07 Å². The molecule has 4 rings (SSSR count). The lowest BCUT2D eigenvalue weighted by Gasteiger charge is -2.30. The molecule has 0 saturated carbocycles. The Morgan fingerprint density at radius 2 is 1.84 bits per heavy atom. The molecule has 2 fully saturated rings. The summed E-state index contributed by atoms with van der Waals surface area (Å²) in [6, 6.07) is 9.65. The average molecular weight is 533 g/mol. The van der Waals surface area contributed by atoms with Crippen molar-refractivity contribution < 1.29 is 32.6 Å². The van der Waals surface area contributed by atoms with Gasteiger partial charge in [0, 0.05) is 45.1 Å². The van der Waals surface area contributed by atoms with Crippen LogP contribution in [0.2, 0.25) is 0 Å². The molecule has 10 nitrogen and oxygen atoms in total. The van der Waals surface area contributed by atoms with Gasteiger partial charge in [-0.3, -0.25) is 4.79 Å². The minimum absolute atomic E-state index is 0.0463. The van der Waals surface area contributed by atoms with Crippen molar-refractivity contribution in [3.63, 3.8) is 0 Å². The number of carbonyl (C=O) groups excluding carboxylic acids is 1. The second kappa shape index (κ2) is 11.5. The number of benzene rings is 1. The van der Waals surface area contributed by atoms with Crippen molar-refractivity contribution in [3.05, 3.63) is 47.3 Å². The van der Waals surface area contributed by atoms with Crippen LogP contribution in [0.25, 0.3) is 0 Å². The minimum atomic E-state index is -4.82. The lowest BCUT2D eigenvalue weighted by Crippen LogP contribution is -2.44. The summed E-state index contributed by atoms with van der Waals surface area (Å²) in [4.78, 5) is 34.1. The van der Waals surface area contributed by atoms with Gasteiger partial charge in [0.1, 0.15) is 18.0 Å². The van der Waals surface area contributed by atoms with Crippen LogP contribution >= 0.6 is 0 Å². The number of carbonyl (C=O) groups is 2. The number of likely N-dealkylation sites (tertiary alicyclic amines) is 1. The Morgan fingerprint density at radius 1 is 1.13 bits per heavy atom. The van der Waals surface area contributed by atoms with Gasteiger partial charge in [0.2, 0.25) is 17.6 Å². The van der Waals surface area contributed by atoms with E-state index in [1.165, 1.54) is 15.9 Å². The van der Waals surface area contributed by atoms with Crippen LogP contribution < -0.4 is 15.0 Å². The lowest BCUT2D eigenvalue weighted by atomic mass is 10.1. The van der Waals surface area contributed by atoms with Gasteiger partial charge in [-0.1, -0.05) is 12.1 Å². The summed E-state index contributed by atoms with van der Waals surface area (Å²) < 4.78 is 46.6. The zero-order chi connectivity index (χ0) is 27.3. The van der Waals surface area contributed by atoms with E-state index in [2.05, 4.69) is 15.3 Å². The summed E-state index contributed by atoms with van der Waals surface area (Å²) in [5.41, 5.74) is 1.48. The summed E-state index contributed by atoms with van der Waals surface area (Å²) in [7, 11) is 0. The number of ether oxygens (including phenoxy) is 1. The minimum Gasteiger partial charge on any atom is -0.474 e. The molecule has 2 saturated heterocycles. The topological polar surface area (TPSA) is 132 Å². The molecule has 0 bridgehead atoms. The Hall–Kier alpha value is -4.08. The summed E-state index contributed by atoms with van der Waals surface area (Å²) in [5, 5.41) is 20.8. The van der Waals surface area contributed by atoms with Crippen LogP contribution in [0.3, 0.4) is 0 Å². The molecule has 0 aliphatic carbocycles. The molecular formula is C25H27F3N6O4. The van der Waals surface area contributed by atoms with Crippen molar-refractivity contribution in [2.24, 2.45) is 0 Å². The predicted octanol–water partition coefficient (Wildman–Crippen LogP) is 3.22. The molecule has 0 spiro atoms. The van der Waals surface area contributed by atoms with Gasteiger partial charge in [-0.25, -0.2) is 9.78 Å². The van der Waals surface area contributed by atoms with Crippen LogP contribution in [-0.2, 0) is 17.4 Å². The lowest BCUT2D eigenvalue weighted by molar-refractivity contribution is -0.145. The highest BCUT2D eigenvalue weighted by Crippen LogP contribution is 2.33. The monoisotopic (exact) mass is 532 g/mol. The molecular weight excluding hydrogens is 505 g/mol. The zero-order valence-electron chi connectivity index (χ0n) is 20.4. The van der Waals surface area contributed by atoms with Gasteiger partial charge < -0.3 is 25.0 Å². The van der Waals surface area contributed by atoms with E-state index >= 15 is 0 Å². The van der Waals surface area contributed by atoms with E-state index in [0.717, 1.165) is 5.56 Å². The molecule has 1 aromatic heterocycles. The molecule has 2 aliphatic heterocycles. The van der Waals surface area contributed by atoms with Gasteiger partial charge in [0.15, 0.2) is 0 Å². The molecule has 2 amide bonds. The first-order chi connectivity index (χ1) is 18.1. The van der Waals surface area contributed by atoms with Gasteiger partial charge in [-0.2, -0.15) is 23.4 Å². The highest BCUT2D eigenvalue weighted by molar-refractivity contribution is 5.85. The van der Waals surface area contributed by atoms with Crippen LogP contribution in [0.1, 0.15) is 42.6 Å². The van der Waals surface area contributed by atoms with Crippen molar-refractivity contribution in [2.75, 3.05) is 31.1 Å². The average Bonchev–Trinajstić information content (AvgIpc) is 3.39. The van der Waals surface area contributed by atoms with Crippen LogP contribution in [0.5, 0.6) is 5.88 Å². The third kappa shape index (κ3) is 6.62. The Balaban J connectivity index is 1.44. The fraction of sp³-hybridized carbons (Fsp3) is 0.480. The van der Waals surface area contributed by atoms with E-state index in [1.54, 1.807) is 24.3 Å². The molecule has 3 heterocycles. The Kier molecular flexibility index (Phi) is 8.19.